The summed E-state index contributed by atoms with van der Waals surface area (Å²) in [6, 6.07) is 8.61. The largest absolute Gasteiger partial charge is 0.478 e. The van der Waals surface area contributed by atoms with Gasteiger partial charge in [0, 0.05) is 0 Å². The molecule has 0 spiro atoms. The van der Waals surface area contributed by atoms with E-state index in [-0.39, 0.29) is 6.61 Å². The Hall–Kier alpha value is -2.01. The van der Waals surface area contributed by atoms with E-state index in [2.05, 4.69) is 64.1 Å². The highest BCUT2D eigenvalue weighted by molar-refractivity contribution is 5.70. The summed E-state index contributed by atoms with van der Waals surface area (Å²) in [5.41, 5.74) is 5.45. The molecule has 1 unspecified atom stereocenters. The van der Waals surface area contributed by atoms with Crippen LogP contribution < -0.4 is 4.74 Å². The molecular formula is C23H31NO. The molecule has 2 nitrogen and oxygen atoms in total. The maximum Gasteiger partial charge on any atom is 0.174 e. The first kappa shape index (κ1) is 19.3. The van der Waals surface area contributed by atoms with Gasteiger partial charge in [-0.1, -0.05) is 44.1 Å². The summed E-state index contributed by atoms with van der Waals surface area (Å²) in [5.74, 6) is 1.98. The number of hydrogen-bond acceptors (Lipinski definition) is 2. The van der Waals surface area contributed by atoms with Crippen molar-refractivity contribution in [3.63, 3.8) is 0 Å². The predicted molar refractivity (Wildman–Crippen MR) is 106 cm³/mol. The first-order valence-electron chi connectivity index (χ1n) is 9.56. The van der Waals surface area contributed by atoms with E-state index >= 15 is 0 Å². The van der Waals surface area contributed by atoms with Crippen molar-refractivity contribution in [2.45, 2.75) is 65.7 Å². The van der Waals surface area contributed by atoms with Crippen LogP contribution in [0, 0.1) is 17.2 Å². The third kappa shape index (κ3) is 4.98. The predicted octanol–water partition coefficient (Wildman–Crippen LogP) is 6.64. The van der Waals surface area contributed by atoms with Gasteiger partial charge in [0.1, 0.15) is 11.8 Å². The third-order valence-electron chi connectivity index (χ3n) is 5.46. The Morgan fingerprint density at radius 3 is 2.72 bits per heavy atom. The number of hydrogen-bond donors (Lipinski definition) is 0. The van der Waals surface area contributed by atoms with Crippen molar-refractivity contribution in [1.29, 1.82) is 5.26 Å². The van der Waals surface area contributed by atoms with Crippen LogP contribution in [0.3, 0.4) is 0 Å². The monoisotopic (exact) mass is 337 g/mol. The fourth-order valence-corrected chi connectivity index (χ4v) is 3.20. The van der Waals surface area contributed by atoms with Gasteiger partial charge in [-0.3, -0.25) is 0 Å². The Labute approximate surface area is 153 Å². The molecule has 25 heavy (non-hydrogen) atoms. The van der Waals surface area contributed by atoms with E-state index in [1.807, 2.05) is 0 Å². The smallest absolute Gasteiger partial charge is 0.174 e. The first-order chi connectivity index (χ1) is 12.1. The van der Waals surface area contributed by atoms with Crippen LogP contribution in [0.4, 0.5) is 0 Å². The SMILES string of the molecule is C/C=C(\C)C/C=C(\c1ccc(OCC#N)c(C(C)CC)c1)C1CCC1. The molecule has 2 heteroatoms. The number of benzene rings is 1. The minimum Gasteiger partial charge on any atom is -0.478 e. The maximum absolute atomic E-state index is 8.83. The van der Waals surface area contributed by atoms with Crippen LogP contribution in [0.15, 0.2) is 35.9 Å². The highest BCUT2D eigenvalue weighted by Gasteiger charge is 2.24. The molecule has 0 saturated heterocycles. The summed E-state index contributed by atoms with van der Waals surface area (Å²) >= 11 is 0. The lowest BCUT2D eigenvalue weighted by Gasteiger charge is -2.29. The number of ether oxygens (including phenoxy) is 1. The normalized spacial score (nSPS) is 16.9. The molecule has 134 valence electrons. The van der Waals surface area contributed by atoms with E-state index in [0.29, 0.717) is 11.8 Å². The molecule has 0 heterocycles. The second-order valence-corrected chi connectivity index (χ2v) is 7.14. The van der Waals surface area contributed by atoms with Gasteiger partial charge in [0.25, 0.3) is 0 Å². The van der Waals surface area contributed by atoms with Crippen LogP contribution in [0.1, 0.15) is 76.8 Å². The molecule has 0 aromatic heterocycles. The zero-order valence-electron chi connectivity index (χ0n) is 16.1. The molecular weight excluding hydrogens is 306 g/mol. The van der Waals surface area contributed by atoms with Gasteiger partial charge in [0.15, 0.2) is 6.61 Å². The molecule has 1 aliphatic rings. The highest BCUT2D eigenvalue weighted by atomic mass is 16.5. The fourth-order valence-electron chi connectivity index (χ4n) is 3.20. The summed E-state index contributed by atoms with van der Waals surface area (Å²) < 4.78 is 5.67. The topological polar surface area (TPSA) is 33.0 Å². The summed E-state index contributed by atoms with van der Waals surface area (Å²) in [6.07, 6.45) is 10.6. The molecule has 0 amide bonds. The number of nitriles is 1. The average molecular weight is 338 g/mol. The van der Waals surface area contributed by atoms with Crippen LogP contribution >= 0.6 is 0 Å². The summed E-state index contributed by atoms with van der Waals surface area (Å²) in [6.45, 7) is 8.83. The van der Waals surface area contributed by atoms with Crippen molar-refractivity contribution in [2.75, 3.05) is 6.61 Å². The Morgan fingerprint density at radius 2 is 2.16 bits per heavy atom. The highest BCUT2D eigenvalue weighted by Crippen LogP contribution is 2.41. The molecule has 1 saturated carbocycles. The van der Waals surface area contributed by atoms with Gasteiger partial charge in [-0.05, 0) is 80.2 Å². The van der Waals surface area contributed by atoms with Crippen molar-refractivity contribution in [2.24, 2.45) is 5.92 Å². The number of nitrogens with zero attached hydrogens (tertiary/aromatic N) is 1. The van der Waals surface area contributed by atoms with Gasteiger partial charge >= 0.3 is 0 Å². The van der Waals surface area contributed by atoms with Gasteiger partial charge in [0.05, 0.1) is 0 Å². The molecule has 1 aromatic carbocycles. The van der Waals surface area contributed by atoms with Crippen molar-refractivity contribution >= 4 is 5.57 Å². The fraction of sp³-hybridized carbons (Fsp3) is 0.522. The zero-order valence-corrected chi connectivity index (χ0v) is 16.1. The van der Waals surface area contributed by atoms with E-state index < -0.39 is 0 Å². The lowest BCUT2D eigenvalue weighted by molar-refractivity contribution is 0.361. The third-order valence-corrected chi connectivity index (χ3v) is 5.46. The van der Waals surface area contributed by atoms with E-state index in [1.165, 1.54) is 41.5 Å². The van der Waals surface area contributed by atoms with Gasteiger partial charge < -0.3 is 4.74 Å². The number of rotatable bonds is 8. The lowest BCUT2D eigenvalue weighted by atomic mass is 9.76. The van der Waals surface area contributed by atoms with Crippen molar-refractivity contribution in [1.82, 2.24) is 0 Å². The second kappa shape index (κ2) is 9.47. The van der Waals surface area contributed by atoms with Crippen LogP contribution in [-0.2, 0) is 0 Å². The van der Waals surface area contributed by atoms with E-state index in [0.717, 1.165) is 18.6 Å². The van der Waals surface area contributed by atoms with Gasteiger partial charge in [-0.2, -0.15) is 5.26 Å². The molecule has 1 atom stereocenters. The van der Waals surface area contributed by atoms with Crippen molar-refractivity contribution < 1.29 is 4.74 Å². The Balaban J connectivity index is 2.38. The first-order valence-corrected chi connectivity index (χ1v) is 9.56. The summed E-state index contributed by atoms with van der Waals surface area (Å²) in [4.78, 5) is 0. The molecule has 2 rings (SSSR count). The Kier molecular flexibility index (Phi) is 7.31. The molecule has 0 N–H and O–H groups in total. The molecule has 0 radical (unpaired) electrons. The molecule has 1 aliphatic carbocycles. The van der Waals surface area contributed by atoms with Crippen LogP contribution in [0.25, 0.3) is 5.57 Å². The van der Waals surface area contributed by atoms with Crippen molar-refractivity contribution in [3.8, 4) is 11.8 Å². The van der Waals surface area contributed by atoms with Gasteiger partial charge in [-0.25, -0.2) is 0 Å². The van der Waals surface area contributed by atoms with Crippen LogP contribution in [-0.4, -0.2) is 6.61 Å². The number of allylic oxidation sites excluding steroid dienone is 4. The Morgan fingerprint density at radius 1 is 1.40 bits per heavy atom. The van der Waals surface area contributed by atoms with Crippen LogP contribution in [0.5, 0.6) is 5.75 Å². The average Bonchev–Trinajstić information content (AvgIpc) is 2.60. The molecule has 1 aromatic rings. The van der Waals surface area contributed by atoms with E-state index in [1.54, 1.807) is 0 Å². The minimum atomic E-state index is 0.106. The molecule has 0 bridgehead atoms. The van der Waals surface area contributed by atoms with Gasteiger partial charge in [-0.15, -0.1) is 0 Å². The van der Waals surface area contributed by atoms with E-state index in [4.69, 9.17) is 10.00 Å². The minimum absolute atomic E-state index is 0.106. The molecule has 0 aliphatic heterocycles. The quantitative estimate of drug-likeness (QED) is 0.498. The standard InChI is InChI=1S/C23H31NO/c1-5-17(3)10-12-21(19-8-7-9-19)20-11-13-23(25-15-14-24)22(16-20)18(4)6-2/h5,11-13,16,18-19H,6-10,15H2,1-4H3/b17-5+,21-12-. The maximum atomic E-state index is 8.83. The van der Waals surface area contributed by atoms with Crippen LogP contribution in [0.2, 0.25) is 0 Å². The lowest BCUT2D eigenvalue weighted by Crippen LogP contribution is -2.13. The zero-order chi connectivity index (χ0) is 18.2. The summed E-state index contributed by atoms with van der Waals surface area (Å²) in [7, 11) is 0. The summed E-state index contributed by atoms with van der Waals surface area (Å²) in [5, 5.41) is 8.83. The second-order valence-electron chi connectivity index (χ2n) is 7.14. The Bertz CT molecular complexity index is 674. The molecule has 1 fully saturated rings. The van der Waals surface area contributed by atoms with Crippen molar-refractivity contribution in [3.05, 3.63) is 47.1 Å². The van der Waals surface area contributed by atoms with E-state index in [9.17, 15) is 0 Å². The van der Waals surface area contributed by atoms with Gasteiger partial charge in [0.2, 0.25) is 0 Å².